The van der Waals surface area contributed by atoms with Crippen LogP contribution in [0.1, 0.15) is 23.7 Å². The smallest absolute Gasteiger partial charge is 0.308 e. The van der Waals surface area contributed by atoms with E-state index in [-0.39, 0.29) is 24.9 Å². The topological polar surface area (TPSA) is 95.9 Å². The SMILES string of the molecule is COc1ccccc1CC(CNC(=O)CC(O)c1cccc(F)c1)C(=O)O. The van der Waals surface area contributed by atoms with E-state index in [2.05, 4.69) is 5.32 Å². The first-order valence-corrected chi connectivity index (χ1v) is 8.45. The number of para-hydroxylation sites is 1. The number of aliphatic hydroxyl groups is 1. The van der Waals surface area contributed by atoms with E-state index in [9.17, 15) is 24.2 Å². The van der Waals surface area contributed by atoms with Crippen LogP contribution in [0.25, 0.3) is 0 Å². The van der Waals surface area contributed by atoms with Crippen molar-refractivity contribution in [1.82, 2.24) is 5.32 Å². The van der Waals surface area contributed by atoms with E-state index in [4.69, 9.17) is 4.74 Å². The highest BCUT2D eigenvalue weighted by Gasteiger charge is 2.21. The van der Waals surface area contributed by atoms with Gasteiger partial charge in [0, 0.05) is 6.54 Å². The molecule has 3 N–H and O–H groups in total. The van der Waals surface area contributed by atoms with E-state index in [1.807, 2.05) is 0 Å². The number of aliphatic hydroxyl groups excluding tert-OH is 1. The van der Waals surface area contributed by atoms with Crippen LogP contribution in [0.3, 0.4) is 0 Å². The van der Waals surface area contributed by atoms with E-state index in [1.54, 1.807) is 24.3 Å². The summed E-state index contributed by atoms with van der Waals surface area (Å²) in [6.45, 7) is -0.0952. The number of carbonyl (C=O) groups excluding carboxylic acids is 1. The number of rotatable bonds is 9. The van der Waals surface area contributed by atoms with Gasteiger partial charge >= 0.3 is 5.97 Å². The zero-order chi connectivity index (χ0) is 19.8. The number of carboxylic acids is 1. The zero-order valence-electron chi connectivity index (χ0n) is 14.9. The lowest BCUT2D eigenvalue weighted by atomic mass is 9.98. The molecule has 2 atom stereocenters. The molecule has 0 spiro atoms. The van der Waals surface area contributed by atoms with Crippen molar-refractivity contribution in [3.63, 3.8) is 0 Å². The predicted molar refractivity (Wildman–Crippen MR) is 96.8 cm³/mol. The summed E-state index contributed by atoms with van der Waals surface area (Å²) in [6, 6.07) is 12.4. The molecule has 0 saturated carbocycles. The van der Waals surface area contributed by atoms with Gasteiger partial charge in [0.1, 0.15) is 11.6 Å². The molecule has 2 aromatic rings. The lowest BCUT2D eigenvalue weighted by molar-refractivity contribution is -0.141. The number of nitrogens with one attached hydrogen (secondary N) is 1. The van der Waals surface area contributed by atoms with Gasteiger partial charge in [0.2, 0.25) is 5.91 Å². The first kappa shape index (κ1) is 20.4. The third-order valence-electron chi connectivity index (χ3n) is 4.17. The molecule has 0 aliphatic carbocycles. The minimum atomic E-state index is -1.17. The summed E-state index contributed by atoms with van der Waals surface area (Å²) in [5, 5.41) is 22.0. The highest BCUT2D eigenvalue weighted by Crippen LogP contribution is 2.21. The van der Waals surface area contributed by atoms with Gasteiger partial charge in [-0.3, -0.25) is 9.59 Å². The van der Waals surface area contributed by atoms with Crippen LogP contribution in [0.15, 0.2) is 48.5 Å². The first-order chi connectivity index (χ1) is 12.9. The van der Waals surface area contributed by atoms with Gasteiger partial charge in [-0.05, 0) is 35.7 Å². The molecular weight excluding hydrogens is 353 g/mol. The Labute approximate surface area is 156 Å². The standard InChI is InChI=1S/C20H22FNO5/c1-27-18-8-3-2-5-14(18)9-15(20(25)26)12-22-19(24)11-17(23)13-6-4-7-16(21)10-13/h2-8,10,15,17,23H,9,11-12H2,1H3,(H,22,24)(H,25,26). The van der Waals surface area contributed by atoms with Gasteiger partial charge in [-0.15, -0.1) is 0 Å². The number of ether oxygens (including phenoxy) is 1. The average molecular weight is 375 g/mol. The molecule has 0 saturated heterocycles. The second-order valence-electron chi connectivity index (χ2n) is 6.13. The number of carboxylic acid groups (broad SMARTS) is 1. The van der Waals surface area contributed by atoms with Crippen LogP contribution < -0.4 is 10.1 Å². The van der Waals surface area contributed by atoms with E-state index < -0.39 is 29.7 Å². The van der Waals surface area contributed by atoms with Crippen molar-refractivity contribution in [2.45, 2.75) is 18.9 Å². The molecule has 0 heterocycles. The number of methoxy groups -OCH3 is 1. The highest BCUT2D eigenvalue weighted by atomic mass is 19.1. The van der Waals surface area contributed by atoms with Crippen molar-refractivity contribution in [2.75, 3.05) is 13.7 Å². The monoisotopic (exact) mass is 375 g/mol. The summed E-state index contributed by atoms with van der Waals surface area (Å²) in [5.41, 5.74) is 1.01. The Kier molecular flexibility index (Phi) is 7.31. The molecule has 0 aromatic heterocycles. The molecule has 0 aliphatic rings. The van der Waals surface area contributed by atoms with Crippen molar-refractivity contribution in [3.8, 4) is 5.75 Å². The summed E-state index contributed by atoms with van der Waals surface area (Å²) in [6.07, 6.45) is -1.27. The third-order valence-corrected chi connectivity index (χ3v) is 4.17. The lowest BCUT2D eigenvalue weighted by Gasteiger charge is -2.16. The minimum absolute atomic E-state index is 0.0952. The number of hydrogen-bond acceptors (Lipinski definition) is 4. The molecular formula is C20H22FNO5. The molecule has 6 nitrogen and oxygen atoms in total. The Morgan fingerprint density at radius 3 is 2.59 bits per heavy atom. The Balaban J connectivity index is 1.93. The van der Waals surface area contributed by atoms with Gasteiger partial charge in [0.05, 0.1) is 25.6 Å². The number of amides is 1. The molecule has 1 amide bonds. The number of carbonyl (C=O) groups is 2. The molecule has 27 heavy (non-hydrogen) atoms. The molecule has 0 fully saturated rings. The van der Waals surface area contributed by atoms with Crippen molar-refractivity contribution < 1.29 is 28.9 Å². The van der Waals surface area contributed by atoms with Gasteiger partial charge in [-0.1, -0.05) is 30.3 Å². The summed E-state index contributed by atoms with van der Waals surface area (Å²) in [5.74, 6) is -2.34. The van der Waals surface area contributed by atoms with E-state index in [0.717, 1.165) is 11.6 Å². The Hall–Kier alpha value is -2.93. The molecule has 7 heteroatoms. The van der Waals surface area contributed by atoms with E-state index >= 15 is 0 Å². The summed E-state index contributed by atoms with van der Waals surface area (Å²) in [7, 11) is 1.50. The lowest BCUT2D eigenvalue weighted by Crippen LogP contribution is -2.34. The fourth-order valence-electron chi connectivity index (χ4n) is 2.70. The fourth-order valence-corrected chi connectivity index (χ4v) is 2.70. The molecule has 144 valence electrons. The maximum absolute atomic E-state index is 13.2. The summed E-state index contributed by atoms with van der Waals surface area (Å²) in [4.78, 5) is 23.5. The second-order valence-corrected chi connectivity index (χ2v) is 6.13. The number of hydrogen-bond donors (Lipinski definition) is 3. The van der Waals surface area contributed by atoms with Crippen LogP contribution in [-0.4, -0.2) is 35.7 Å². The number of benzene rings is 2. The van der Waals surface area contributed by atoms with Gasteiger partial charge in [-0.25, -0.2) is 4.39 Å². The molecule has 0 bridgehead atoms. The van der Waals surface area contributed by atoms with Crippen molar-refractivity contribution >= 4 is 11.9 Å². The summed E-state index contributed by atoms with van der Waals surface area (Å²) < 4.78 is 18.4. The normalized spacial score (nSPS) is 12.9. The Bertz CT molecular complexity index is 795. The molecule has 0 aliphatic heterocycles. The first-order valence-electron chi connectivity index (χ1n) is 8.45. The number of aliphatic carboxylic acids is 1. The van der Waals surface area contributed by atoms with Crippen LogP contribution in [0.2, 0.25) is 0 Å². The Morgan fingerprint density at radius 2 is 1.93 bits per heavy atom. The summed E-state index contributed by atoms with van der Waals surface area (Å²) >= 11 is 0. The molecule has 0 radical (unpaired) electrons. The molecule has 2 aromatic carbocycles. The molecule has 2 unspecified atom stereocenters. The van der Waals surface area contributed by atoms with Gasteiger partial charge in [0.15, 0.2) is 0 Å². The maximum atomic E-state index is 13.2. The Morgan fingerprint density at radius 1 is 1.19 bits per heavy atom. The minimum Gasteiger partial charge on any atom is -0.496 e. The maximum Gasteiger partial charge on any atom is 0.308 e. The van der Waals surface area contributed by atoms with Gasteiger partial charge < -0.3 is 20.3 Å². The average Bonchev–Trinajstić information content (AvgIpc) is 2.65. The van der Waals surface area contributed by atoms with Crippen LogP contribution in [0, 0.1) is 11.7 Å². The van der Waals surface area contributed by atoms with Gasteiger partial charge in [0.25, 0.3) is 0 Å². The molecule has 2 rings (SSSR count). The van der Waals surface area contributed by atoms with E-state index in [0.29, 0.717) is 5.75 Å². The number of halogens is 1. The highest BCUT2D eigenvalue weighted by molar-refractivity contribution is 5.78. The van der Waals surface area contributed by atoms with Crippen LogP contribution in [0.5, 0.6) is 5.75 Å². The van der Waals surface area contributed by atoms with Crippen LogP contribution >= 0.6 is 0 Å². The van der Waals surface area contributed by atoms with Crippen molar-refractivity contribution in [1.29, 1.82) is 0 Å². The van der Waals surface area contributed by atoms with Gasteiger partial charge in [-0.2, -0.15) is 0 Å². The van der Waals surface area contributed by atoms with Crippen LogP contribution in [0.4, 0.5) is 4.39 Å². The van der Waals surface area contributed by atoms with Crippen molar-refractivity contribution in [3.05, 3.63) is 65.5 Å². The van der Waals surface area contributed by atoms with Crippen LogP contribution in [-0.2, 0) is 16.0 Å². The largest absolute Gasteiger partial charge is 0.496 e. The zero-order valence-corrected chi connectivity index (χ0v) is 14.9. The quantitative estimate of drug-likeness (QED) is 0.625. The predicted octanol–water partition coefficient (Wildman–Crippen LogP) is 2.32. The van der Waals surface area contributed by atoms with Crippen molar-refractivity contribution in [2.24, 2.45) is 5.92 Å². The van der Waals surface area contributed by atoms with E-state index in [1.165, 1.54) is 25.3 Å². The fraction of sp³-hybridized carbons (Fsp3) is 0.300. The third kappa shape index (κ3) is 6.07. The second kappa shape index (κ2) is 9.68.